The third kappa shape index (κ3) is 6.63. The normalized spacial score (nSPS) is 14.9. The molecule has 1 aliphatic rings. The Morgan fingerprint density at radius 1 is 1.13 bits per heavy atom. The Morgan fingerprint density at radius 2 is 1.90 bits per heavy atom. The van der Waals surface area contributed by atoms with Crippen LogP contribution in [0, 0.1) is 0 Å². The summed E-state index contributed by atoms with van der Waals surface area (Å²) in [4.78, 5) is 18.0. The lowest BCUT2D eigenvalue weighted by Crippen LogP contribution is -2.47. The Kier molecular flexibility index (Phi) is 7.38. The number of piperazine rings is 1. The lowest BCUT2D eigenvalue weighted by molar-refractivity contribution is -0.137. The van der Waals surface area contributed by atoms with Gasteiger partial charge in [0.25, 0.3) is 0 Å². The van der Waals surface area contributed by atoms with Crippen molar-refractivity contribution in [1.82, 2.24) is 16.0 Å². The molecular formula is C22H26F3N5O. The molecule has 0 saturated carbocycles. The van der Waals surface area contributed by atoms with Gasteiger partial charge in [-0.2, -0.15) is 13.2 Å². The molecule has 0 aromatic heterocycles. The van der Waals surface area contributed by atoms with E-state index in [0.717, 1.165) is 29.9 Å². The SMILES string of the molecule is CCNC(=NCc1cccc(C(F)(F)F)c1)NCc1ccc(N2CCNC(=O)C2)cc1. The van der Waals surface area contributed by atoms with Crippen LogP contribution in [-0.2, 0) is 24.1 Å². The van der Waals surface area contributed by atoms with Gasteiger partial charge in [-0.25, -0.2) is 4.99 Å². The Labute approximate surface area is 179 Å². The second-order valence-corrected chi connectivity index (χ2v) is 7.18. The highest BCUT2D eigenvalue weighted by Gasteiger charge is 2.30. The van der Waals surface area contributed by atoms with E-state index >= 15 is 0 Å². The molecule has 9 heteroatoms. The maximum absolute atomic E-state index is 12.9. The Morgan fingerprint density at radius 3 is 2.58 bits per heavy atom. The van der Waals surface area contributed by atoms with E-state index in [2.05, 4.69) is 20.9 Å². The molecule has 0 unspecified atom stereocenters. The summed E-state index contributed by atoms with van der Waals surface area (Å²) in [5, 5.41) is 9.10. The van der Waals surface area contributed by atoms with Gasteiger partial charge in [-0.05, 0) is 42.3 Å². The highest BCUT2D eigenvalue weighted by molar-refractivity contribution is 5.82. The van der Waals surface area contributed by atoms with Gasteiger partial charge in [-0.1, -0.05) is 24.3 Å². The lowest BCUT2D eigenvalue weighted by atomic mass is 10.1. The van der Waals surface area contributed by atoms with Crippen molar-refractivity contribution in [3.05, 3.63) is 65.2 Å². The molecule has 31 heavy (non-hydrogen) atoms. The molecule has 0 atom stereocenters. The van der Waals surface area contributed by atoms with Crippen LogP contribution in [0.25, 0.3) is 0 Å². The van der Waals surface area contributed by atoms with Crippen molar-refractivity contribution in [3.63, 3.8) is 0 Å². The summed E-state index contributed by atoms with van der Waals surface area (Å²) in [6.07, 6.45) is -4.37. The first-order valence-corrected chi connectivity index (χ1v) is 10.1. The number of carbonyl (C=O) groups excluding carboxylic acids is 1. The first-order valence-electron chi connectivity index (χ1n) is 10.1. The average molecular weight is 433 g/mol. The van der Waals surface area contributed by atoms with Crippen molar-refractivity contribution in [2.75, 3.05) is 31.1 Å². The first kappa shape index (κ1) is 22.5. The number of nitrogens with zero attached hydrogens (tertiary/aromatic N) is 2. The van der Waals surface area contributed by atoms with Gasteiger partial charge in [-0.3, -0.25) is 4.79 Å². The monoisotopic (exact) mass is 433 g/mol. The number of hydrogen-bond donors (Lipinski definition) is 3. The van der Waals surface area contributed by atoms with Crippen LogP contribution >= 0.6 is 0 Å². The van der Waals surface area contributed by atoms with E-state index in [1.165, 1.54) is 6.07 Å². The predicted octanol–water partition coefficient (Wildman–Crippen LogP) is 2.90. The number of carbonyl (C=O) groups is 1. The minimum absolute atomic E-state index is 0.0178. The van der Waals surface area contributed by atoms with Gasteiger partial charge in [0.15, 0.2) is 5.96 Å². The zero-order chi connectivity index (χ0) is 22.3. The molecule has 166 valence electrons. The van der Waals surface area contributed by atoms with Gasteiger partial charge in [-0.15, -0.1) is 0 Å². The van der Waals surface area contributed by atoms with E-state index in [4.69, 9.17) is 0 Å². The molecule has 0 bridgehead atoms. The first-order chi connectivity index (χ1) is 14.8. The van der Waals surface area contributed by atoms with Crippen molar-refractivity contribution < 1.29 is 18.0 Å². The third-order valence-corrected chi connectivity index (χ3v) is 4.82. The zero-order valence-electron chi connectivity index (χ0n) is 17.3. The minimum Gasteiger partial charge on any atom is -0.360 e. The molecule has 1 amide bonds. The fraction of sp³-hybridized carbons (Fsp3) is 0.364. The van der Waals surface area contributed by atoms with Crippen molar-refractivity contribution in [3.8, 4) is 0 Å². The summed E-state index contributed by atoms with van der Waals surface area (Å²) >= 11 is 0. The Balaban J connectivity index is 1.59. The van der Waals surface area contributed by atoms with Crippen LogP contribution < -0.4 is 20.9 Å². The standard InChI is InChI=1S/C22H26F3N5O/c1-2-26-21(29-14-17-4-3-5-18(12-17)22(23,24)25)28-13-16-6-8-19(9-7-16)30-11-10-27-20(31)15-30/h3-9,12H,2,10-11,13-15H2,1H3,(H,27,31)(H2,26,28,29). The van der Waals surface area contributed by atoms with E-state index < -0.39 is 11.7 Å². The van der Waals surface area contributed by atoms with Gasteiger partial charge in [0.2, 0.25) is 5.91 Å². The molecule has 3 rings (SSSR count). The summed E-state index contributed by atoms with van der Waals surface area (Å²) < 4.78 is 38.6. The summed E-state index contributed by atoms with van der Waals surface area (Å²) in [5.74, 6) is 0.543. The van der Waals surface area contributed by atoms with Gasteiger partial charge in [0, 0.05) is 31.9 Å². The minimum atomic E-state index is -4.37. The Bertz CT molecular complexity index is 912. The highest BCUT2D eigenvalue weighted by Crippen LogP contribution is 2.29. The summed E-state index contributed by atoms with van der Waals surface area (Å²) in [7, 11) is 0. The van der Waals surface area contributed by atoms with Crippen LogP contribution in [0.4, 0.5) is 18.9 Å². The van der Waals surface area contributed by atoms with Gasteiger partial charge >= 0.3 is 6.18 Å². The second kappa shape index (κ2) is 10.2. The van der Waals surface area contributed by atoms with Crippen LogP contribution in [0.1, 0.15) is 23.6 Å². The maximum Gasteiger partial charge on any atom is 0.416 e. The maximum atomic E-state index is 12.9. The molecule has 1 fully saturated rings. The largest absolute Gasteiger partial charge is 0.416 e. The van der Waals surface area contributed by atoms with E-state index in [1.54, 1.807) is 6.07 Å². The Hall–Kier alpha value is -3.23. The van der Waals surface area contributed by atoms with Crippen LogP contribution in [-0.4, -0.2) is 38.0 Å². The number of guanidine groups is 1. The smallest absolute Gasteiger partial charge is 0.360 e. The number of aliphatic imine (C=N–C) groups is 1. The van der Waals surface area contributed by atoms with E-state index in [-0.39, 0.29) is 12.5 Å². The molecule has 0 aliphatic carbocycles. The molecule has 2 aromatic rings. The molecule has 1 aliphatic heterocycles. The molecule has 0 spiro atoms. The van der Waals surface area contributed by atoms with E-state index in [1.807, 2.05) is 36.1 Å². The number of alkyl halides is 3. The van der Waals surface area contributed by atoms with Crippen LogP contribution in [0.3, 0.4) is 0 Å². The summed E-state index contributed by atoms with van der Waals surface area (Å²) in [6.45, 7) is 4.96. The summed E-state index contributed by atoms with van der Waals surface area (Å²) in [6, 6.07) is 13.1. The topological polar surface area (TPSA) is 68.8 Å². The van der Waals surface area contributed by atoms with Crippen LogP contribution in [0.5, 0.6) is 0 Å². The quantitative estimate of drug-likeness (QED) is 0.484. The molecular weight excluding hydrogens is 407 g/mol. The van der Waals surface area contributed by atoms with E-state index in [9.17, 15) is 18.0 Å². The molecule has 1 saturated heterocycles. The molecule has 6 nitrogen and oxygen atoms in total. The molecule has 1 heterocycles. The van der Waals surface area contributed by atoms with Crippen molar-refractivity contribution in [2.45, 2.75) is 26.2 Å². The lowest BCUT2D eigenvalue weighted by Gasteiger charge is -2.28. The van der Waals surface area contributed by atoms with Gasteiger partial charge < -0.3 is 20.9 Å². The summed E-state index contributed by atoms with van der Waals surface area (Å²) in [5.41, 5.74) is 1.82. The number of amides is 1. The van der Waals surface area contributed by atoms with E-state index in [0.29, 0.717) is 37.7 Å². The molecule has 2 aromatic carbocycles. The fourth-order valence-electron chi connectivity index (χ4n) is 3.23. The average Bonchev–Trinajstić information content (AvgIpc) is 2.76. The molecule has 3 N–H and O–H groups in total. The highest BCUT2D eigenvalue weighted by atomic mass is 19.4. The second-order valence-electron chi connectivity index (χ2n) is 7.18. The number of rotatable bonds is 6. The number of benzene rings is 2. The van der Waals surface area contributed by atoms with Crippen LogP contribution in [0.2, 0.25) is 0 Å². The van der Waals surface area contributed by atoms with Crippen molar-refractivity contribution in [1.29, 1.82) is 0 Å². The predicted molar refractivity (Wildman–Crippen MR) is 115 cm³/mol. The third-order valence-electron chi connectivity index (χ3n) is 4.82. The van der Waals surface area contributed by atoms with Gasteiger partial charge in [0.05, 0.1) is 18.7 Å². The van der Waals surface area contributed by atoms with Gasteiger partial charge in [0.1, 0.15) is 0 Å². The van der Waals surface area contributed by atoms with Crippen molar-refractivity contribution >= 4 is 17.6 Å². The van der Waals surface area contributed by atoms with Crippen LogP contribution in [0.15, 0.2) is 53.5 Å². The molecule has 0 radical (unpaired) electrons. The zero-order valence-corrected chi connectivity index (χ0v) is 17.3. The van der Waals surface area contributed by atoms with Crippen molar-refractivity contribution in [2.24, 2.45) is 4.99 Å². The number of hydrogen-bond acceptors (Lipinski definition) is 3. The fourth-order valence-corrected chi connectivity index (χ4v) is 3.23. The number of anilines is 1. The number of nitrogens with one attached hydrogen (secondary N) is 3. The number of halogens is 3.